The van der Waals surface area contributed by atoms with E-state index >= 15 is 0 Å². The van der Waals surface area contributed by atoms with Crippen LogP contribution in [0.25, 0.3) is 0 Å². The van der Waals surface area contributed by atoms with E-state index in [1.165, 1.54) is 19.1 Å². The van der Waals surface area contributed by atoms with Crippen LogP contribution in [0.2, 0.25) is 0 Å². The number of carbonyl (C=O) groups excluding carboxylic acids is 3. The van der Waals surface area contributed by atoms with E-state index < -0.39 is 5.41 Å². The van der Waals surface area contributed by atoms with Crippen LogP contribution < -0.4 is 4.74 Å². The lowest BCUT2D eigenvalue weighted by Gasteiger charge is -2.35. The van der Waals surface area contributed by atoms with Gasteiger partial charge >= 0.3 is 0 Å². The van der Waals surface area contributed by atoms with E-state index in [0.29, 0.717) is 24.4 Å². The second-order valence-corrected chi connectivity index (χ2v) is 7.82. The summed E-state index contributed by atoms with van der Waals surface area (Å²) in [4.78, 5) is 42.6. The van der Waals surface area contributed by atoms with Crippen LogP contribution in [-0.2, 0) is 29.3 Å². The van der Waals surface area contributed by atoms with Gasteiger partial charge in [0.25, 0.3) is 0 Å². The first-order valence-electron chi connectivity index (χ1n) is 10.2. The molecule has 0 unspecified atom stereocenters. The second kappa shape index (κ2) is 9.57. The Kier molecular flexibility index (Phi) is 7.10. The Bertz CT molecular complexity index is 798. The Labute approximate surface area is 177 Å². The molecule has 0 radical (unpaired) electrons. The third-order valence-electron chi connectivity index (χ3n) is 6.07. The number of methoxy groups -OCH3 is 3. The molecule has 2 heterocycles. The molecular weight excluding hydrogens is 388 g/mol. The lowest BCUT2D eigenvalue weighted by atomic mass is 9.75. The molecule has 0 bridgehead atoms. The van der Waals surface area contributed by atoms with Gasteiger partial charge in [-0.25, -0.2) is 0 Å². The minimum atomic E-state index is -1.28. The maximum atomic E-state index is 13.5. The van der Waals surface area contributed by atoms with Gasteiger partial charge in [0.15, 0.2) is 0 Å². The summed E-state index contributed by atoms with van der Waals surface area (Å²) in [7, 11) is 4.68. The van der Waals surface area contributed by atoms with E-state index in [1.54, 1.807) is 36.3 Å². The van der Waals surface area contributed by atoms with Crippen molar-refractivity contribution < 1.29 is 28.6 Å². The monoisotopic (exact) mass is 418 g/mol. The Hall–Kier alpha value is -2.45. The Morgan fingerprint density at radius 3 is 2.67 bits per heavy atom. The van der Waals surface area contributed by atoms with Crippen molar-refractivity contribution in [2.24, 2.45) is 0 Å². The summed E-state index contributed by atoms with van der Waals surface area (Å²) in [6.45, 7) is 1.52. The first-order chi connectivity index (χ1) is 14.5. The summed E-state index contributed by atoms with van der Waals surface area (Å²) in [6.07, 6.45) is 1.59. The molecule has 2 aliphatic rings. The summed E-state index contributed by atoms with van der Waals surface area (Å²) in [5, 5.41) is 0. The molecular formula is C22H30N2O6. The van der Waals surface area contributed by atoms with E-state index in [-0.39, 0.29) is 49.8 Å². The van der Waals surface area contributed by atoms with Gasteiger partial charge in [0.05, 0.1) is 31.8 Å². The van der Waals surface area contributed by atoms with Crippen molar-refractivity contribution in [2.75, 3.05) is 47.6 Å². The van der Waals surface area contributed by atoms with Crippen LogP contribution in [0.1, 0.15) is 31.2 Å². The molecule has 2 fully saturated rings. The maximum Gasteiger partial charge on any atom is 0.241 e. The van der Waals surface area contributed by atoms with Crippen LogP contribution in [-0.4, -0.2) is 81.2 Å². The van der Waals surface area contributed by atoms with Crippen molar-refractivity contribution >= 4 is 17.7 Å². The molecule has 1 aromatic rings. The summed E-state index contributed by atoms with van der Waals surface area (Å²) >= 11 is 0. The quantitative estimate of drug-likeness (QED) is 0.593. The molecule has 2 atom stereocenters. The highest BCUT2D eigenvalue weighted by atomic mass is 16.5. The number of piperidine rings is 1. The fraction of sp³-hybridized carbons (Fsp3) is 0.591. The number of amides is 3. The summed E-state index contributed by atoms with van der Waals surface area (Å²) < 4.78 is 16.0. The highest BCUT2D eigenvalue weighted by Crippen LogP contribution is 2.44. The third-order valence-corrected chi connectivity index (χ3v) is 6.07. The third kappa shape index (κ3) is 4.20. The smallest absolute Gasteiger partial charge is 0.241 e. The van der Waals surface area contributed by atoms with E-state index in [1.807, 2.05) is 0 Å². The number of likely N-dealkylation sites (tertiary alicyclic amines) is 2. The van der Waals surface area contributed by atoms with Crippen molar-refractivity contribution in [2.45, 2.75) is 37.2 Å². The minimum Gasteiger partial charge on any atom is -0.496 e. The van der Waals surface area contributed by atoms with Crippen LogP contribution in [0.3, 0.4) is 0 Å². The normalized spacial score (nSPS) is 24.4. The topological polar surface area (TPSA) is 85.4 Å². The zero-order valence-corrected chi connectivity index (χ0v) is 17.9. The Morgan fingerprint density at radius 2 is 1.97 bits per heavy atom. The molecule has 2 aliphatic heterocycles. The number of hydrogen-bond donors (Lipinski definition) is 0. The molecule has 8 nitrogen and oxygen atoms in total. The number of para-hydroxylation sites is 1. The van der Waals surface area contributed by atoms with Crippen LogP contribution in [0.15, 0.2) is 24.3 Å². The molecule has 0 saturated carbocycles. The molecule has 1 aromatic carbocycles. The Balaban J connectivity index is 1.96. The van der Waals surface area contributed by atoms with Gasteiger partial charge in [-0.2, -0.15) is 0 Å². The molecule has 3 amide bonds. The van der Waals surface area contributed by atoms with Gasteiger partial charge in [-0.15, -0.1) is 0 Å². The first kappa shape index (κ1) is 22.2. The number of rotatable bonds is 8. The summed E-state index contributed by atoms with van der Waals surface area (Å²) in [5.41, 5.74) is -0.714. The highest BCUT2D eigenvalue weighted by molar-refractivity contribution is 6.11. The summed E-state index contributed by atoms with van der Waals surface area (Å²) in [6, 6.07) is 7.11. The van der Waals surface area contributed by atoms with Gasteiger partial charge in [0.2, 0.25) is 17.7 Å². The van der Waals surface area contributed by atoms with Crippen molar-refractivity contribution in [1.82, 2.24) is 9.80 Å². The average molecular weight is 418 g/mol. The maximum absolute atomic E-state index is 13.5. The van der Waals surface area contributed by atoms with Gasteiger partial charge in [-0.05, 0) is 18.9 Å². The summed E-state index contributed by atoms with van der Waals surface area (Å²) in [5.74, 6) is -0.335. The van der Waals surface area contributed by atoms with Crippen molar-refractivity contribution in [1.29, 1.82) is 0 Å². The largest absolute Gasteiger partial charge is 0.496 e. The van der Waals surface area contributed by atoms with Gasteiger partial charge in [-0.3, -0.25) is 19.3 Å². The van der Waals surface area contributed by atoms with Gasteiger partial charge in [-0.1, -0.05) is 18.2 Å². The molecule has 3 rings (SSSR count). The molecule has 164 valence electrons. The number of carbonyl (C=O) groups is 3. The van der Waals surface area contributed by atoms with Crippen LogP contribution in [0, 0.1) is 0 Å². The predicted molar refractivity (Wildman–Crippen MR) is 109 cm³/mol. The fourth-order valence-corrected chi connectivity index (χ4v) is 4.42. The number of ether oxygens (including phenoxy) is 3. The van der Waals surface area contributed by atoms with Crippen LogP contribution >= 0.6 is 0 Å². The molecule has 30 heavy (non-hydrogen) atoms. The van der Waals surface area contributed by atoms with Gasteiger partial charge in [0.1, 0.15) is 5.75 Å². The second-order valence-electron chi connectivity index (χ2n) is 7.82. The van der Waals surface area contributed by atoms with Crippen LogP contribution in [0.4, 0.5) is 0 Å². The predicted octanol–water partition coefficient (Wildman–Crippen LogP) is 1.37. The highest BCUT2D eigenvalue weighted by Gasteiger charge is 2.55. The minimum absolute atomic E-state index is 0.0102. The molecule has 0 spiro atoms. The molecule has 0 aliphatic carbocycles. The van der Waals surface area contributed by atoms with Crippen molar-refractivity contribution in [3.05, 3.63) is 29.8 Å². The van der Waals surface area contributed by atoms with Gasteiger partial charge < -0.3 is 19.1 Å². The number of hydrogen-bond acceptors (Lipinski definition) is 6. The molecule has 8 heteroatoms. The first-order valence-corrected chi connectivity index (χ1v) is 10.2. The van der Waals surface area contributed by atoms with Crippen molar-refractivity contribution in [3.63, 3.8) is 0 Å². The molecule has 0 aromatic heterocycles. The number of nitrogens with zero attached hydrogens (tertiary/aromatic N) is 2. The zero-order valence-electron chi connectivity index (χ0n) is 17.9. The molecule has 2 saturated heterocycles. The lowest BCUT2D eigenvalue weighted by molar-refractivity contribution is -0.144. The van der Waals surface area contributed by atoms with Crippen LogP contribution in [0.5, 0.6) is 5.75 Å². The SMILES string of the molecule is COCCN1C(=O)C[C@@](CC(=O)N2CCC[C@H](OC)C2)(c2ccccc2OC)C1=O. The van der Waals surface area contributed by atoms with E-state index in [4.69, 9.17) is 14.2 Å². The number of imide groups is 1. The standard InChI is InChI=1S/C22H30N2O6/c1-28-12-11-24-20(26)14-22(21(24)27,17-8-4-5-9-18(17)30-3)13-19(25)23-10-6-7-16(15-23)29-2/h4-5,8-9,16H,6-7,10-15H2,1-3H3/t16-,22-/m0/s1. The van der Waals surface area contributed by atoms with Crippen molar-refractivity contribution in [3.8, 4) is 5.75 Å². The van der Waals surface area contributed by atoms with E-state index in [0.717, 1.165) is 12.8 Å². The Morgan fingerprint density at radius 1 is 1.20 bits per heavy atom. The van der Waals surface area contributed by atoms with E-state index in [9.17, 15) is 14.4 Å². The molecule has 0 N–H and O–H groups in total. The fourth-order valence-electron chi connectivity index (χ4n) is 4.42. The number of benzene rings is 1. The zero-order chi connectivity index (χ0) is 21.7. The lowest BCUT2D eigenvalue weighted by Crippen LogP contribution is -2.47. The van der Waals surface area contributed by atoms with Gasteiger partial charge in [0, 0.05) is 45.7 Å². The average Bonchev–Trinajstić information content (AvgIpc) is 3.01. The van der Waals surface area contributed by atoms with E-state index in [2.05, 4.69) is 0 Å².